The van der Waals surface area contributed by atoms with Gasteiger partial charge in [-0.05, 0) is 67.0 Å². The van der Waals surface area contributed by atoms with Gasteiger partial charge < -0.3 is 14.6 Å². The molecule has 0 spiro atoms. The number of rotatable bonds is 3. The van der Waals surface area contributed by atoms with Crippen LogP contribution in [0, 0.1) is 12.3 Å². The fourth-order valence-electron chi connectivity index (χ4n) is 5.37. The number of aromatic amines is 1. The van der Waals surface area contributed by atoms with Crippen LogP contribution in [0.15, 0.2) is 36.4 Å². The Hall–Kier alpha value is -3.48. The van der Waals surface area contributed by atoms with Crippen molar-refractivity contribution in [2.24, 2.45) is 5.41 Å². The van der Waals surface area contributed by atoms with Gasteiger partial charge in [0.25, 0.3) is 0 Å². The van der Waals surface area contributed by atoms with Gasteiger partial charge >= 0.3 is 0 Å². The maximum Gasteiger partial charge on any atom is 0.162 e. The number of ether oxygens (including phenoxy) is 1. The maximum absolute atomic E-state index is 13.7. The molecule has 0 atom stereocenters. The summed E-state index contributed by atoms with van der Waals surface area (Å²) in [5.41, 5.74) is 7.68. The van der Waals surface area contributed by atoms with Crippen LogP contribution in [0.25, 0.3) is 22.2 Å². The lowest BCUT2D eigenvalue weighted by Crippen LogP contribution is -2.32. The average molecular weight is 472 g/mol. The van der Waals surface area contributed by atoms with E-state index in [0.717, 1.165) is 75.6 Å². The second-order valence-corrected chi connectivity index (χ2v) is 10.5. The quantitative estimate of drug-likeness (QED) is 0.414. The molecule has 7 heteroatoms. The SMILES string of the molecule is Cc1nc2cc(-c3ccc4c(c3)CN(c3nc(CF)nc5c3CC(C)(C)CC5)CCO4)ccc2[nH]1. The van der Waals surface area contributed by atoms with Gasteiger partial charge in [0.05, 0.1) is 17.6 Å². The number of aryl methyl sites for hydroxylation is 2. The Bertz CT molecular complexity index is 1430. The molecule has 0 bridgehead atoms. The number of nitrogens with zero attached hydrogens (tertiary/aromatic N) is 4. The summed E-state index contributed by atoms with van der Waals surface area (Å²) in [6, 6.07) is 12.7. The monoisotopic (exact) mass is 471 g/mol. The van der Waals surface area contributed by atoms with Gasteiger partial charge in [-0.1, -0.05) is 26.0 Å². The molecule has 6 nitrogen and oxygen atoms in total. The number of H-pyrrole nitrogens is 1. The third kappa shape index (κ3) is 4.13. The van der Waals surface area contributed by atoms with Crippen LogP contribution in [0.3, 0.4) is 0 Å². The molecule has 2 aromatic heterocycles. The minimum Gasteiger partial charge on any atom is -0.491 e. The van der Waals surface area contributed by atoms with E-state index in [2.05, 4.69) is 70.1 Å². The predicted molar refractivity (Wildman–Crippen MR) is 135 cm³/mol. The normalized spacial score (nSPS) is 17.0. The predicted octanol–water partition coefficient (Wildman–Crippen LogP) is 5.71. The second kappa shape index (κ2) is 8.33. The molecule has 0 saturated heterocycles. The molecule has 0 saturated carbocycles. The summed E-state index contributed by atoms with van der Waals surface area (Å²) in [6.45, 7) is 7.79. The van der Waals surface area contributed by atoms with E-state index in [1.165, 1.54) is 0 Å². The number of benzene rings is 2. The number of halogens is 1. The number of hydrogen-bond donors (Lipinski definition) is 1. The summed E-state index contributed by atoms with van der Waals surface area (Å²) in [7, 11) is 0. The van der Waals surface area contributed by atoms with Crippen LogP contribution in [-0.2, 0) is 26.1 Å². The second-order valence-electron chi connectivity index (χ2n) is 10.5. The van der Waals surface area contributed by atoms with Crippen molar-refractivity contribution >= 4 is 16.9 Å². The van der Waals surface area contributed by atoms with Crippen LogP contribution in [0.5, 0.6) is 5.75 Å². The smallest absolute Gasteiger partial charge is 0.162 e. The van der Waals surface area contributed by atoms with E-state index in [9.17, 15) is 4.39 Å². The summed E-state index contributed by atoms with van der Waals surface area (Å²) < 4.78 is 19.8. The number of aromatic nitrogens is 4. The van der Waals surface area contributed by atoms with Gasteiger partial charge in [0.2, 0.25) is 0 Å². The first kappa shape index (κ1) is 22.0. The first-order valence-electron chi connectivity index (χ1n) is 12.3. The third-order valence-corrected chi connectivity index (χ3v) is 7.21. The number of imidazole rings is 1. The zero-order chi connectivity index (χ0) is 24.2. The molecule has 1 aliphatic carbocycles. The Morgan fingerprint density at radius 2 is 1.91 bits per heavy atom. The van der Waals surface area contributed by atoms with Crippen molar-refractivity contribution in [2.75, 3.05) is 18.1 Å². The standard InChI is InChI=1S/C28H30FN5O/c1-17-30-23-6-4-19(13-24(23)31-17)18-5-7-25-20(12-18)16-34(10-11-35-25)27-21-14-28(2,3)9-8-22(21)32-26(15-29)33-27/h4-7,12-13H,8-11,14-16H2,1-3H3,(H,30,31). The molecule has 4 aromatic rings. The maximum atomic E-state index is 13.7. The highest BCUT2D eigenvalue weighted by Crippen LogP contribution is 2.39. The van der Waals surface area contributed by atoms with Gasteiger partial charge in [-0.3, -0.25) is 0 Å². The van der Waals surface area contributed by atoms with Crippen molar-refractivity contribution in [1.82, 2.24) is 19.9 Å². The van der Waals surface area contributed by atoms with Gasteiger partial charge in [0.1, 0.15) is 30.7 Å². The largest absolute Gasteiger partial charge is 0.491 e. The highest BCUT2D eigenvalue weighted by atomic mass is 19.1. The highest BCUT2D eigenvalue weighted by molar-refractivity contribution is 5.82. The van der Waals surface area contributed by atoms with Crippen LogP contribution >= 0.6 is 0 Å². The summed E-state index contributed by atoms with van der Waals surface area (Å²) in [6.07, 6.45) is 2.82. The van der Waals surface area contributed by atoms with Gasteiger partial charge in [-0.2, -0.15) is 0 Å². The van der Waals surface area contributed by atoms with Crippen LogP contribution < -0.4 is 9.64 Å². The Morgan fingerprint density at radius 1 is 1.09 bits per heavy atom. The van der Waals surface area contributed by atoms with Gasteiger partial charge in [0, 0.05) is 23.4 Å². The van der Waals surface area contributed by atoms with Crippen LogP contribution in [0.4, 0.5) is 10.2 Å². The summed E-state index contributed by atoms with van der Waals surface area (Å²) >= 11 is 0. The van der Waals surface area contributed by atoms with Crippen molar-refractivity contribution < 1.29 is 9.13 Å². The molecule has 35 heavy (non-hydrogen) atoms. The Balaban J connectivity index is 1.38. The van der Waals surface area contributed by atoms with Crippen LogP contribution in [0.2, 0.25) is 0 Å². The summed E-state index contributed by atoms with van der Waals surface area (Å²) in [5, 5.41) is 0. The molecule has 0 unspecified atom stereocenters. The zero-order valence-corrected chi connectivity index (χ0v) is 20.5. The van der Waals surface area contributed by atoms with Crippen LogP contribution in [-0.4, -0.2) is 33.1 Å². The van der Waals surface area contributed by atoms with Crippen molar-refractivity contribution in [2.45, 2.75) is 53.3 Å². The molecule has 2 aromatic carbocycles. The van der Waals surface area contributed by atoms with E-state index in [-0.39, 0.29) is 11.2 Å². The topological polar surface area (TPSA) is 66.9 Å². The van der Waals surface area contributed by atoms with Gasteiger partial charge in [-0.25, -0.2) is 19.3 Å². The summed E-state index contributed by atoms with van der Waals surface area (Å²) in [4.78, 5) is 19.4. The summed E-state index contributed by atoms with van der Waals surface area (Å²) in [5.74, 6) is 2.94. The first-order chi connectivity index (χ1) is 16.9. The fourth-order valence-corrected chi connectivity index (χ4v) is 5.37. The van der Waals surface area contributed by atoms with Crippen molar-refractivity contribution in [3.05, 3.63) is 64.9 Å². The lowest BCUT2D eigenvalue weighted by Gasteiger charge is -2.34. The minimum absolute atomic E-state index is 0.180. The molecule has 0 fully saturated rings. The average Bonchev–Trinajstić information content (AvgIpc) is 3.08. The van der Waals surface area contributed by atoms with E-state index in [1.807, 2.05) is 6.92 Å². The fraction of sp³-hybridized carbons (Fsp3) is 0.393. The lowest BCUT2D eigenvalue weighted by molar-refractivity contribution is 0.309. The Morgan fingerprint density at radius 3 is 2.77 bits per heavy atom. The Kier molecular flexibility index (Phi) is 5.24. The molecular formula is C28H30FN5O. The lowest BCUT2D eigenvalue weighted by atomic mass is 9.76. The molecule has 0 amide bonds. The molecule has 1 aliphatic heterocycles. The highest BCUT2D eigenvalue weighted by Gasteiger charge is 2.31. The van der Waals surface area contributed by atoms with Crippen LogP contribution in [0.1, 0.15) is 48.7 Å². The molecule has 1 N–H and O–H groups in total. The molecule has 0 radical (unpaired) electrons. The number of anilines is 1. The molecule has 180 valence electrons. The molecule has 3 heterocycles. The molecular weight excluding hydrogens is 441 g/mol. The van der Waals surface area contributed by atoms with Gasteiger partial charge in [-0.15, -0.1) is 0 Å². The number of hydrogen-bond acceptors (Lipinski definition) is 5. The first-order valence-corrected chi connectivity index (χ1v) is 12.3. The van der Waals surface area contributed by atoms with E-state index in [4.69, 9.17) is 9.72 Å². The third-order valence-electron chi connectivity index (χ3n) is 7.21. The minimum atomic E-state index is -0.649. The van der Waals surface area contributed by atoms with Crippen molar-refractivity contribution in [1.29, 1.82) is 0 Å². The van der Waals surface area contributed by atoms with E-state index in [0.29, 0.717) is 19.7 Å². The van der Waals surface area contributed by atoms with Crippen molar-refractivity contribution in [3.63, 3.8) is 0 Å². The Labute approximate surface area is 204 Å². The zero-order valence-electron chi connectivity index (χ0n) is 20.5. The molecule has 6 rings (SSSR count). The van der Waals surface area contributed by atoms with Gasteiger partial charge in [0.15, 0.2) is 5.82 Å². The van der Waals surface area contributed by atoms with E-state index < -0.39 is 6.67 Å². The van der Waals surface area contributed by atoms with E-state index in [1.54, 1.807) is 0 Å². The van der Waals surface area contributed by atoms with E-state index >= 15 is 0 Å². The molecule has 2 aliphatic rings. The number of fused-ring (bicyclic) bond motifs is 3. The van der Waals surface area contributed by atoms with Crippen molar-refractivity contribution in [3.8, 4) is 16.9 Å². The number of alkyl halides is 1. The number of nitrogens with one attached hydrogen (secondary N) is 1.